The first-order valence-corrected chi connectivity index (χ1v) is 8.00. The lowest BCUT2D eigenvalue weighted by molar-refractivity contribution is 0.0631. The molecular formula is C17H21FN4O. The maximum atomic E-state index is 13.0. The maximum absolute atomic E-state index is 13.0. The van der Waals surface area contributed by atoms with Gasteiger partial charge in [0.15, 0.2) is 0 Å². The van der Waals surface area contributed by atoms with Crippen molar-refractivity contribution in [1.82, 2.24) is 20.0 Å². The van der Waals surface area contributed by atoms with E-state index in [0.29, 0.717) is 11.4 Å². The summed E-state index contributed by atoms with van der Waals surface area (Å²) in [5.74, 6) is -0.312. The minimum absolute atomic E-state index is 0.0259. The second-order valence-corrected chi connectivity index (χ2v) is 5.81. The molecule has 0 unspecified atom stereocenters. The van der Waals surface area contributed by atoms with Crippen molar-refractivity contribution in [2.24, 2.45) is 0 Å². The average molecular weight is 316 g/mol. The zero-order valence-corrected chi connectivity index (χ0v) is 13.3. The highest BCUT2D eigenvalue weighted by molar-refractivity contribution is 5.93. The zero-order valence-electron chi connectivity index (χ0n) is 13.3. The van der Waals surface area contributed by atoms with Crippen LogP contribution in [0.15, 0.2) is 30.3 Å². The van der Waals surface area contributed by atoms with Gasteiger partial charge in [-0.1, -0.05) is 6.92 Å². The number of rotatable bonds is 4. The van der Waals surface area contributed by atoms with E-state index in [0.717, 1.165) is 44.7 Å². The van der Waals surface area contributed by atoms with E-state index in [4.69, 9.17) is 0 Å². The van der Waals surface area contributed by atoms with Crippen LogP contribution < -0.4 is 0 Å². The van der Waals surface area contributed by atoms with Gasteiger partial charge >= 0.3 is 0 Å². The molecule has 23 heavy (non-hydrogen) atoms. The largest absolute Gasteiger partial charge is 0.335 e. The van der Waals surface area contributed by atoms with Crippen LogP contribution in [0.25, 0.3) is 11.3 Å². The van der Waals surface area contributed by atoms with Crippen molar-refractivity contribution in [2.75, 3.05) is 32.7 Å². The van der Waals surface area contributed by atoms with E-state index in [-0.39, 0.29) is 11.7 Å². The normalized spacial score (nSPS) is 15.8. The lowest BCUT2D eigenvalue weighted by Gasteiger charge is -2.34. The van der Waals surface area contributed by atoms with Crippen molar-refractivity contribution in [3.8, 4) is 11.3 Å². The Labute approximate surface area is 135 Å². The van der Waals surface area contributed by atoms with Crippen LogP contribution in [0.1, 0.15) is 23.8 Å². The number of nitrogens with one attached hydrogen (secondary N) is 1. The molecule has 1 aliphatic heterocycles. The number of halogens is 1. The minimum Gasteiger partial charge on any atom is -0.335 e. The molecule has 0 spiro atoms. The molecule has 1 fully saturated rings. The fraction of sp³-hybridized carbons (Fsp3) is 0.412. The third-order valence-corrected chi connectivity index (χ3v) is 4.15. The molecule has 3 rings (SSSR count). The highest BCUT2D eigenvalue weighted by Gasteiger charge is 2.23. The molecule has 1 aliphatic rings. The van der Waals surface area contributed by atoms with Crippen LogP contribution in [0.3, 0.4) is 0 Å². The van der Waals surface area contributed by atoms with Crippen LogP contribution in [-0.2, 0) is 0 Å². The number of aromatic amines is 1. The topological polar surface area (TPSA) is 52.2 Å². The summed E-state index contributed by atoms with van der Waals surface area (Å²) >= 11 is 0. The molecule has 0 saturated carbocycles. The highest BCUT2D eigenvalue weighted by Crippen LogP contribution is 2.19. The van der Waals surface area contributed by atoms with E-state index in [1.807, 2.05) is 4.90 Å². The fourth-order valence-corrected chi connectivity index (χ4v) is 2.86. The summed E-state index contributed by atoms with van der Waals surface area (Å²) in [5, 5.41) is 6.97. The van der Waals surface area contributed by atoms with Crippen molar-refractivity contribution < 1.29 is 9.18 Å². The van der Waals surface area contributed by atoms with Crippen LogP contribution in [0, 0.1) is 5.82 Å². The van der Waals surface area contributed by atoms with Gasteiger partial charge < -0.3 is 4.90 Å². The van der Waals surface area contributed by atoms with E-state index < -0.39 is 0 Å². The lowest BCUT2D eigenvalue weighted by atomic mass is 10.1. The minimum atomic E-state index is -0.287. The molecule has 2 aromatic rings. The van der Waals surface area contributed by atoms with Gasteiger partial charge in [0.05, 0.1) is 5.69 Å². The summed E-state index contributed by atoms with van der Waals surface area (Å²) in [4.78, 5) is 16.8. The van der Waals surface area contributed by atoms with Gasteiger partial charge in [-0.05, 0) is 43.3 Å². The third-order valence-electron chi connectivity index (χ3n) is 4.15. The van der Waals surface area contributed by atoms with Crippen molar-refractivity contribution in [3.63, 3.8) is 0 Å². The number of aromatic nitrogens is 2. The van der Waals surface area contributed by atoms with Crippen molar-refractivity contribution in [1.29, 1.82) is 0 Å². The monoisotopic (exact) mass is 316 g/mol. The van der Waals surface area contributed by atoms with Crippen LogP contribution in [-0.4, -0.2) is 58.6 Å². The molecule has 0 atom stereocenters. The first-order chi connectivity index (χ1) is 11.2. The Morgan fingerprint density at radius 1 is 1.22 bits per heavy atom. The van der Waals surface area contributed by atoms with Gasteiger partial charge in [-0.15, -0.1) is 0 Å². The van der Waals surface area contributed by atoms with Gasteiger partial charge in [-0.25, -0.2) is 4.39 Å². The Morgan fingerprint density at radius 2 is 1.91 bits per heavy atom. The SMILES string of the molecule is CCCN1CCN(C(=O)c2cc(-c3ccc(F)cc3)n[nH]2)CC1. The Bertz CT molecular complexity index is 659. The quantitative estimate of drug-likeness (QED) is 0.942. The Morgan fingerprint density at radius 3 is 2.57 bits per heavy atom. The molecule has 0 aliphatic carbocycles. The molecule has 122 valence electrons. The predicted octanol–water partition coefficient (Wildman–Crippen LogP) is 2.38. The van der Waals surface area contributed by atoms with Crippen LogP contribution in [0.2, 0.25) is 0 Å². The Hall–Kier alpha value is -2.21. The van der Waals surface area contributed by atoms with Gasteiger partial charge in [-0.3, -0.25) is 14.8 Å². The van der Waals surface area contributed by atoms with E-state index >= 15 is 0 Å². The molecule has 1 saturated heterocycles. The number of piperazine rings is 1. The summed E-state index contributed by atoms with van der Waals surface area (Å²) in [5.41, 5.74) is 1.92. The standard InChI is InChI=1S/C17H21FN4O/c1-2-7-21-8-10-22(11-9-21)17(23)16-12-15(19-20-16)13-3-5-14(18)6-4-13/h3-6,12H,2,7-11H2,1H3,(H,19,20). The number of nitrogens with zero attached hydrogens (tertiary/aromatic N) is 3. The Balaban J connectivity index is 1.66. The number of H-pyrrole nitrogens is 1. The number of carbonyl (C=O) groups excluding carboxylic acids is 1. The van der Waals surface area contributed by atoms with E-state index in [9.17, 15) is 9.18 Å². The zero-order chi connectivity index (χ0) is 16.2. The summed E-state index contributed by atoms with van der Waals surface area (Å²) in [7, 11) is 0. The van der Waals surface area contributed by atoms with Gasteiger partial charge in [-0.2, -0.15) is 5.10 Å². The summed E-state index contributed by atoms with van der Waals surface area (Å²) in [6, 6.07) is 7.82. The number of benzene rings is 1. The average Bonchev–Trinajstić information content (AvgIpc) is 3.06. The molecule has 0 bridgehead atoms. The van der Waals surface area contributed by atoms with E-state index in [2.05, 4.69) is 22.0 Å². The first-order valence-electron chi connectivity index (χ1n) is 8.00. The lowest BCUT2D eigenvalue weighted by Crippen LogP contribution is -2.48. The molecule has 1 amide bonds. The Kier molecular flexibility index (Phi) is 4.71. The third kappa shape index (κ3) is 3.59. The molecule has 6 heteroatoms. The maximum Gasteiger partial charge on any atom is 0.271 e. The van der Waals surface area contributed by atoms with Gasteiger partial charge in [0.1, 0.15) is 11.5 Å². The summed E-state index contributed by atoms with van der Waals surface area (Å²) < 4.78 is 13.0. The number of hydrogen-bond donors (Lipinski definition) is 1. The molecular weight excluding hydrogens is 295 g/mol. The molecule has 1 N–H and O–H groups in total. The van der Waals surface area contributed by atoms with E-state index in [1.165, 1.54) is 12.1 Å². The van der Waals surface area contributed by atoms with Gasteiger partial charge in [0.25, 0.3) is 5.91 Å². The fourth-order valence-electron chi connectivity index (χ4n) is 2.86. The number of amides is 1. The summed E-state index contributed by atoms with van der Waals surface area (Å²) in [6.45, 7) is 6.56. The highest BCUT2D eigenvalue weighted by atomic mass is 19.1. The van der Waals surface area contributed by atoms with Crippen LogP contribution in [0.4, 0.5) is 4.39 Å². The summed E-state index contributed by atoms with van der Waals surface area (Å²) in [6.07, 6.45) is 1.13. The molecule has 5 nitrogen and oxygen atoms in total. The number of carbonyl (C=O) groups is 1. The molecule has 1 aromatic carbocycles. The van der Waals surface area contributed by atoms with Gasteiger partial charge in [0.2, 0.25) is 0 Å². The van der Waals surface area contributed by atoms with Gasteiger partial charge in [0, 0.05) is 31.7 Å². The molecule has 1 aromatic heterocycles. The second-order valence-electron chi connectivity index (χ2n) is 5.81. The molecule has 0 radical (unpaired) electrons. The van der Waals surface area contributed by atoms with Crippen molar-refractivity contribution in [3.05, 3.63) is 41.8 Å². The van der Waals surface area contributed by atoms with E-state index in [1.54, 1.807) is 18.2 Å². The second kappa shape index (κ2) is 6.91. The first kappa shape index (κ1) is 15.7. The van der Waals surface area contributed by atoms with Crippen LogP contribution in [0.5, 0.6) is 0 Å². The molecule has 2 heterocycles. The number of hydrogen-bond acceptors (Lipinski definition) is 3. The smallest absolute Gasteiger partial charge is 0.271 e. The van der Waals surface area contributed by atoms with Crippen LogP contribution >= 0.6 is 0 Å². The van der Waals surface area contributed by atoms with Crippen molar-refractivity contribution >= 4 is 5.91 Å². The van der Waals surface area contributed by atoms with Crippen molar-refractivity contribution in [2.45, 2.75) is 13.3 Å². The predicted molar refractivity (Wildman–Crippen MR) is 86.6 cm³/mol.